The Morgan fingerprint density at radius 2 is 1.91 bits per heavy atom. The molecule has 1 N–H and O–H groups in total. The Bertz CT molecular complexity index is 460. The monoisotopic (exact) mass is 333 g/mol. The van der Waals surface area contributed by atoms with Crippen LogP contribution in [0.1, 0.15) is 52.0 Å². The molecule has 1 aromatic rings. The van der Waals surface area contributed by atoms with Crippen molar-refractivity contribution in [3.63, 3.8) is 0 Å². The number of nitrogens with one attached hydrogen (secondary N) is 1. The van der Waals surface area contributed by atoms with Crippen LogP contribution in [0.25, 0.3) is 0 Å². The molecule has 23 heavy (non-hydrogen) atoms. The third-order valence-electron chi connectivity index (χ3n) is 5.57. The maximum absolute atomic E-state index is 6.78. The number of hydrogen-bond donors (Lipinski definition) is 1. The molecular weight excluding hydrogens is 298 g/mol. The van der Waals surface area contributed by atoms with Gasteiger partial charge < -0.3 is 9.74 Å². The van der Waals surface area contributed by atoms with Gasteiger partial charge in [-0.05, 0) is 62.3 Å². The summed E-state index contributed by atoms with van der Waals surface area (Å²) in [5.41, 5.74) is 1.40. The molecule has 2 rings (SSSR count). The minimum atomic E-state index is -1.72. The molecule has 0 aromatic heterocycles. The van der Waals surface area contributed by atoms with Crippen molar-refractivity contribution in [3.8, 4) is 0 Å². The normalized spacial score (nSPS) is 20.7. The highest BCUT2D eigenvalue weighted by Crippen LogP contribution is 2.38. The Balaban J connectivity index is 2.00. The van der Waals surface area contributed by atoms with Gasteiger partial charge in [0.1, 0.15) is 0 Å². The summed E-state index contributed by atoms with van der Waals surface area (Å²) in [6.07, 6.45) is 6.46. The fraction of sp³-hybridized carbons (Fsp3) is 0.700. The summed E-state index contributed by atoms with van der Waals surface area (Å²) in [6, 6.07) is 11.5. The van der Waals surface area contributed by atoms with Crippen LogP contribution < -0.4 is 5.32 Å². The molecule has 1 fully saturated rings. The van der Waals surface area contributed by atoms with Crippen LogP contribution in [0.2, 0.25) is 18.1 Å². The predicted octanol–water partition coefficient (Wildman–Crippen LogP) is 5.15. The van der Waals surface area contributed by atoms with Gasteiger partial charge in [0.15, 0.2) is 8.32 Å². The highest BCUT2D eigenvalue weighted by molar-refractivity contribution is 6.74. The quantitative estimate of drug-likeness (QED) is 0.697. The van der Waals surface area contributed by atoms with Crippen LogP contribution in [-0.2, 0) is 10.8 Å². The Hall–Kier alpha value is -0.643. The van der Waals surface area contributed by atoms with E-state index < -0.39 is 8.32 Å². The van der Waals surface area contributed by atoms with E-state index >= 15 is 0 Å². The predicted molar refractivity (Wildman–Crippen MR) is 102 cm³/mol. The SMILES string of the molecule is CC(C)(C)[Si](C)(C)OC(CCC1CCCN1)Cc1ccccc1. The molecule has 1 aliphatic rings. The standard InChI is InChI=1S/C20H35NOSi/c1-20(2,3)23(4,5)22-19(14-13-18-12-9-15-21-18)16-17-10-7-6-8-11-17/h6-8,10-11,18-19,21H,9,12-16H2,1-5H3. The molecule has 0 bridgehead atoms. The van der Waals surface area contributed by atoms with Crippen molar-refractivity contribution in [3.05, 3.63) is 35.9 Å². The lowest BCUT2D eigenvalue weighted by atomic mass is 10.0. The largest absolute Gasteiger partial charge is 0.414 e. The minimum Gasteiger partial charge on any atom is -0.414 e. The van der Waals surface area contributed by atoms with Crippen LogP contribution in [0, 0.1) is 0 Å². The number of hydrogen-bond acceptors (Lipinski definition) is 2. The van der Waals surface area contributed by atoms with Crippen molar-refractivity contribution in [2.24, 2.45) is 0 Å². The maximum atomic E-state index is 6.78. The van der Waals surface area contributed by atoms with Crippen LogP contribution in [0.3, 0.4) is 0 Å². The van der Waals surface area contributed by atoms with E-state index in [0.29, 0.717) is 12.1 Å². The van der Waals surface area contributed by atoms with Crippen molar-refractivity contribution in [1.29, 1.82) is 0 Å². The van der Waals surface area contributed by atoms with Gasteiger partial charge in [-0.25, -0.2) is 0 Å². The molecule has 2 atom stereocenters. The summed E-state index contributed by atoms with van der Waals surface area (Å²) in [5, 5.41) is 3.90. The average Bonchev–Trinajstić information content (AvgIpc) is 2.97. The minimum absolute atomic E-state index is 0.271. The lowest BCUT2D eigenvalue weighted by Gasteiger charge is -2.39. The third-order valence-corrected chi connectivity index (χ3v) is 10.1. The van der Waals surface area contributed by atoms with Crippen molar-refractivity contribution in [2.45, 2.75) is 83.2 Å². The second-order valence-corrected chi connectivity index (χ2v) is 13.3. The van der Waals surface area contributed by atoms with Crippen LogP contribution >= 0.6 is 0 Å². The molecule has 2 unspecified atom stereocenters. The zero-order valence-corrected chi connectivity index (χ0v) is 16.7. The summed E-state index contributed by atoms with van der Waals surface area (Å²) >= 11 is 0. The molecule has 0 aliphatic carbocycles. The van der Waals surface area contributed by atoms with Gasteiger partial charge >= 0.3 is 0 Å². The first-order chi connectivity index (χ1) is 10.8. The van der Waals surface area contributed by atoms with E-state index in [0.717, 1.165) is 6.42 Å². The summed E-state index contributed by atoms with van der Waals surface area (Å²) in [4.78, 5) is 0. The first kappa shape index (κ1) is 18.7. The van der Waals surface area contributed by atoms with E-state index in [9.17, 15) is 0 Å². The first-order valence-corrected chi connectivity index (χ1v) is 12.1. The zero-order chi connectivity index (χ0) is 16.9. The van der Waals surface area contributed by atoms with Gasteiger partial charge in [-0.15, -0.1) is 0 Å². The van der Waals surface area contributed by atoms with Gasteiger partial charge in [0.05, 0.1) is 0 Å². The Morgan fingerprint density at radius 1 is 1.22 bits per heavy atom. The van der Waals surface area contributed by atoms with Gasteiger partial charge in [-0.1, -0.05) is 51.1 Å². The van der Waals surface area contributed by atoms with E-state index in [1.807, 2.05) is 0 Å². The molecule has 0 amide bonds. The molecule has 1 aliphatic heterocycles. The molecule has 1 aromatic carbocycles. The Morgan fingerprint density at radius 3 is 2.48 bits per heavy atom. The Kier molecular flexibility index (Phi) is 6.46. The van der Waals surface area contributed by atoms with Crippen LogP contribution in [0.15, 0.2) is 30.3 Å². The summed E-state index contributed by atoms with van der Waals surface area (Å²) in [7, 11) is -1.72. The fourth-order valence-electron chi connectivity index (χ4n) is 3.06. The highest BCUT2D eigenvalue weighted by Gasteiger charge is 2.39. The van der Waals surface area contributed by atoms with Gasteiger partial charge in [0, 0.05) is 12.1 Å². The van der Waals surface area contributed by atoms with Crippen molar-refractivity contribution >= 4 is 8.32 Å². The van der Waals surface area contributed by atoms with Crippen molar-refractivity contribution < 1.29 is 4.43 Å². The maximum Gasteiger partial charge on any atom is 0.192 e. The topological polar surface area (TPSA) is 21.3 Å². The molecule has 0 saturated carbocycles. The lowest BCUT2D eigenvalue weighted by molar-refractivity contribution is 0.164. The molecule has 0 spiro atoms. The molecule has 130 valence electrons. The molecular formula is C20H35NOSi. The van der Waals surface area contributed by atoms with Crippen LogP contribution in [0.5, 0.6) is 0 Å². The average molecular weight is 334 g/mol. The summed E-state index contributed by atoms with van der Waals surface area (Å²) in [5.74, 6) is 0. The van der Waals surface area contributed by atoms with Gasteiger partial charge in [0.2, 0.25) is 0 Å². The second-order valence-electron chi connectivity index (χ2n) is 8.56. The summed E-state index contributed by atoms with van der Waals surface area (Å²) < 4.78 is 6.78. The van der Waals surface area contributed by atoms with Gasteiger partial charge in [-0.2, -0.15) is 0 Å². The summed E-state index contributed by atoms with van der Waals surface area (Å²) in [6.45, 7) is 12.9. The lowest BCUT2D eigenvalue weighted by Crippen LogP contribution is -2.44. The Labute approximate surface area is 144 Å². The zero-order valence-electron chi connectivity index (χ0n) is 15.7. The number of benzene rings is 1. The van der Waals surface area contributed by atoms with Crippen LogP contribution in [-0.4, -0.2) is 27.0 Å². The van der Waals surface area contributed by atoms with E-state index in [4.69, 9.17) is 4.43 Å². The van der Waals surface area contributed by atoms with E-state index in [-0.39, 0.29) is 5.04 Å². The highest BCUT2D eigenvalue weighted by atomic mass is 28.4. The van der Waals surface area contributed by atoms with Crippen molar-refractivity contribution in [2.75, 3.05) is 6.54 Å². The molecule has 1 heterocycles. The van der Waals surface area contributed by atoms with Crippen LogP contribution in [0.4, 0.5) is 0 Å². The second kappa shape index (κ2) is 7.95. The molecule has 3 heteroatoms. The first-order valence-electron chi connectivity index (χ1n) is 9.23. The van der Waals surface area contributed by atoms with E-state index in [2.05, 4.69) is 69.5 Å². The third kappa shape index (κ3) is 5.73. The molecule has 1 saturated heterocycles. The molecule has 2 nitrogen and oxygen atoms in total. The number of rotatable bonds is 7. The van der Waals surface area contributed by atoms with Gasteiger partial charge in [-0.3, -0.25) is 0 Å². The van der Waals surface area contributed by atoms with E-state index in [1.54, 1.807) is 0 Å². The smallest absolute Gasteiger partial charge is 0.192 e. The van der Waals surface area contributed by atoms with E-state index in [1.165, 1.54) is 37.8 Å². The molecule has 0 radical (unpaired) electrons. The fourth-order valence-corrected chi connectivity index (χ4v) is 4.45. The van der Waals surface area contributed by atoms with Crippen molar-refractivity contribution in [1.82, 2.24) is 5.32 Å². The van der Waals surface area contributed by atoms with Gasteiger partial charge in [0.25, 0.3) is 0 Å².